The fourth-order valence-electron chi connectivity index (χ4n) is 3.71. The highest BCUT2D eigenvalue weighted by molar-refractivity contribution is 7.89. The molecule has 7 nitrogen and oxygen atoms in total. The van der Waals surface area contributed by atoms with Crippen molar-refractivity contribution in [3.8, 4) is 5.75 Å². The minimum absolute atomic E-state index is 0.0266. The molecule has 1 aromatic carbocycles. The molecule has 156 valence electrons. The Hall–Kier alpha value is -2.45. The standard InChI is InChI=1S/C21H27N3O4S/c1-15-11-19(12-16(2)20(15)28-3)29(26,27)23-13-17-6-9-24(10-7-17)21(25)18-5-4-8-22-14-18/h4-5,8,11-12,14,17,23H,6-7,9-10,13H2,1-3H3. The molecule has 0 atom stereocenters. The molecule has 1 amide bonds. The van der Waals surface area contributed by atoms with Gasteiger partial charge in [0.15, 0.2) is 0 Å². The number of amides is 1. The maximum Gasteiger partial charge on any atom is 0.255 e. The molecule has 0 bridgehead atoms. The molecule has 3 rings (SSSR count). The van der Waals surface area contributed by atoms with Crippen molar-refractivity contribution in [2.24, 2.45) is 5.92 Å². The number of nitrogens with one attached hydrogen (secondary N) is 1. The summed E-state index contributed by atoms with van der Waals surface area (Å²) in [5.74, 6) is 0.874. The molecule has 1 saturated heterocycles. The lowest BCUT2D eigenvalue weighted by Crippen LogP contribution is -2.41. The highest BCUT2D eigenvalue weighted by Crippen LogP contribution is 2.26. The Kier molecular flexibility index (Phi) is 6.54. The number of carbonyl (C=O) groups is 1. The molecule has 0 unspecified atom stereocenters. The van der Waals surface area contributed by atoms with E-state index in [1.807, 2.05) is 13.8 Å². The average Bonchev–Trinajstić information content (AvgIpc) is 2.72. The Bertz CT molecular complexity index is 946. The minimum atomic E-state index is -3.60. The van der Waals surface area contributed by atoms with Gasteiger partial charge in [-0.25, -0.2) is 13.1 Å². The first-order valence-corrected chi connectivity index (χ1v) is 11.1. The zero-order chi connectivity index (χ0) is 21.0. The molecule has 1 aliphatic heterocycles. The summed E-state index contributed by atoms with van der Waals surface area (Å²) in [5, 5.41) is 0. The van der Waals surface area contributed by atoms with Gasteiger partial charge in [-0.3, -0.25) is 9.78 Å². The van der Waals surface area contributed by atoms with Crippen molar-refractivity contribution in [3.63, 3.8) is 0 Å². The van der Waals surface area contributed by atoms with Gasteiger partial charge in [-0.05, 0) is 68.0 Å². The van der Waals surface area contributed by atoms with Crippen molar-refractivity contribution in [1.29, 1.82) is 0 Å². The predicted molar refractivity (Wildman–Crippen MR) is 111 cm³/mol. The molecule has 0 spiro atoms. The monoisotopic (exact) mass is 417 g/mol. The van der Waals surface area contributed by atoms with Gasteiger partial charge in [0.05, 0.1) is 17.6 Å². The van der Waals surface area contributed by atoms with Crippen molar-refractivity contribution in [3.05, 3.63) is 53.3 Å². The quantitative estimate of drug-likeness (QED) is 0.780. The normalized spacial score (nSPS) is 15.3. The summed E-state index contributed by atoms with van der Waals surface area (Å²) in [5.41, 5.74) is 2.15. The molecule has 1 aromatic heterocycles. The number of piperidine rings is 1. The number of nitrogens with zero attached hydrogens (tertiary/aromatic N) is 2. The highest BCUT2D eigenvalue weighted by atomic mass is 32.2. The summed E-state index contributed by atoms with van der Waals surface area (Å²) in [4.78, 5) is 18.5. The maximum absolute atomic E-state index is 12.7. The van der Waals surface area contributed by atoms with Gasteiger partial charge in [0.2, 0.25) is 10.0 Å². The number of hydrogen-bond acceptors (Lipinski definition) is 5. The van der Waals surface area contributed by atoms with Crippen LogP contribution in [0.2, 0.25) is 0 Å². The number of sulfonamides is 1. The number of carbonyl (C=O) groups excluding carboxylic acids is 1. The number of likely N-dealkylation sites (tertiary alicyclic amines) is 1. The lowest BCUT2D eigenvalue weighted by molar-refractivity contribution is 0.0691. The molecule has 0 radical (unpaired) electrons. The molecule has 1 aliphatic rings. The van der Waals surface area contributed by atoms with Crippen LogP contribution in [0.15, 0.2) is 41.6 Å². The zero-order valence-corrected chi connectivity index (χ0v) is 17.8. The second-order valence-electron chi connectivity index (χ2n) is 7.42. The molecule has 2 aromatic rings. The summed E-state index contributed by atoms with van der Waals surface area (Å²) in [6.07, 6.45) is 4.73. The molecule has 1 N–H and O–H groups in total. The fourth-order valence-corrected chi connectivity index (χ4v) is 5.00. The van der Waals surface area contributed by atoms with E-state index in [2.05, 4.69) is 9.71 Å². The van der Waals surface area contributed by atoms with Crippen LogP contribution < -0.4 is 9.46 Å². The van der Waals surface area contributed by atoms with Crippen molar-refractivity contribution >= 4 is 15.9 Å². The first-order chi connectivity index (χ1) is 13.8. The number of rotatable bonds is 6. The van der Waals surface area contributed by atoms with Gasteiger partial charge in [-0.2, -0.15) is 0 Å². The Morgan fingerprint density at radius 3 is 2.45 bits per heavy atom. The van der Waals surface area contributed by atoms with Crippen LogP contribution in [-0.4, -0.2) is 51.0 Å². The number of benzene rings is 1. The van der Waals surface area contributed by atoms with E-state index in [1.165, 1.54) is 0 Å². The first-order valence-electron chi connectivity index (χ1n) is 9.66. The van der Waals surface area contributed by atoms with Gasteiger partial charge in [0.25, 0.3) is 5.91 Å². The van der Waals surface area contributed by atoms with Gasteiger partial charge in [-0.15, -0.1) is 0 Å². The number of pyridine rings is 1. The number of aryl methyl sites for hydroxylation is 2. The van der Waals surface area contributed by atoms with Crippen LogP contribution in [0.1, 0.15) is 34.3 Å². The third-order valence-electron chi connectivity index (χ3n) is 5.32. The van der Waals surface area contributed by atoms with Crippen LogP contribution in [0.4, 0.5) is 0 Å². The summed E-state index contributed by atoms with van der Waals surface area (Å²) in [6, 6.07) is 6.76. The summed E-state index contributed by atoms with van der Waals surface area (Å²) < 4.78 is 33.5. The van der Waals surface area contributed by atoms with Gasteiger partial charge in [-0.1, -0.05) is 0 Å². The number of ether oxygens (including phenoxy) is 1. The number of hydrogen-bond donors (Lipinski definition) is 1. The van der Waals surface area contributed by atoms with Crippen LogP contribution in [0.3, 0.4) is 0 Å². The SMILES string of the molecule is COc1c(C)cc(S(=O)(=O)NCC2CCN(C(=O)c3cccnc3)CC2)cc1C. The van der Waals surface area contributed by atoms with Crippen molar-refractivity contribution in [1.82, 2.24) is 14.6 Å². The van der Waals surface area contributed by atoms with E-state index < -0.39 is 10.0 Å². The van der Waals surface area contributed by atoms with E-state index in [1.54, 1.807) is 48.7 Å². The molecule has 0 aliphatic carbocycles. The second kappa shape index (κ2) is 8.92. The Labute approximate surface area is 172 Å². The van der Waals surface area contributed by atoms with Crippen LogP contribution in [0.25, 0.3) is 0 Å². The van der Waals surface area contributed by atoms with Crippen LogP contribution >= 0.6 is 0 Å². The van der Waals surface area contributed by atoms with Crippen LogP contribution in [0.5, 0.6) is 5.75 Å². The summed E-state index contributed by atoms with van der Waals surface area (Å²) in [7, 11) is -2.02. The smallest absolute Gasteiger partial charge is 0.255 e. The Balaban J connectivity index is 1.57. The van der Waals surface area contributed by atoms with E-state index in [-0.39, 0.29) is 16.7 Å². The van der Waals surface area contributed by atoms with Gasteiger partial charge in [0, 0.05) is 32.0 Å². The summed E-state index contributed by atoms with van der Waals surface area (Å²) in [6.45, 7) is 5.25. The van der Waals surface area contributed by atoms with Crippen LogP contribution in [-0.2, 0) is 10.0 Å². The maximum atomic E-state index is 12.7. The minimum Gasteiger partial charge on any atom is -0.496 e. The van der Waals surface area contributed by atoms with Gasteiger partial charge in [0.1, 0.15) is 5.75 Å². The van der Waals surface area contributed by atoms with Crippen molar-refractivity contribution in [2.45, 2.75) is 31.6 Å². The van der Waals surface area contributed by atoms with Crippen molar-refractivity contribution in [2.75, 3.05) is 26.7 Å². The van der Waals surface area contributed by atoms with E-state index in [9.17, 15) is 13.2 Å². The third kappa shape index (κ3) is 4.94. The molecule has 8 heteroatoms. The lowest BCUT2D eigenvalue weighted by atomic mass is 9.97. The molecular weight excluding hydrogens is 390 g/mol. The molecule has 29 heavy (non-hydrogen) atoms. The zero-order valence-electron chi connectivity index (χ0n) is 17.0. The number of methoxy groups -OCH3 is 1. The Morgan fingerprint density at radius 1 is 1.24 bits per heavy atom. The second-order valence-corrected chi connectivity index (χ2v) is 9.19. The largest absolute Gasteiger partial charge is 0.496 e. The lowest BCUT2D eigenvalue weighted by Gasteiger charge is -2.32. The van der Waals surface area contributed by atoms with E-state index in [0.29, 0.717) is 30.9 Å². The predicted octanol–water partition coefficient (Wildman–Crippen LogP) is 2.54. The van der Waals surface area contributed by atoms with E-state index in [0.717, 1.165) is 24.0 Å². The summed E-state index contributed by atoms with van der Waals surface area (Å²) >= 11 is 0. The highest BCUT2D eigenvalue weighted by Gasteiger charge is 2.25. The first kappa shape index (κ1) is 21.3. The van der Waals surface area contributed by atoms with E-state index in [4.69, 9.17) is 4.74 Å². The van der Waals surface area contributed by atoms with Crippen LogP contribution in [0, 0.1) is 19.8 Å². The molecule has 2 heterocycles. The molecule has 1 fully saturated rings. The van der Waals surface area contributed by atoms with Crippen molar-refractivity contribution < 1.29 is 17.9 Å². The van der Waals surface area contributed by atoms with Gasteiger partial charge < -0.3 is 9.64 Å². The average molecular weight is 418 g/mol. The van der Waals surface area contributed by atoms with Gasteiger partial charge >= 0.3 is 0 Å². The van der Waals surface area contributed by atoms with E-state index >= 15 is 0 Å². The fraction of sp³-hybridized carbons (Fsp3) is 0.429. The Morgan fingerprint density at radius 2 is 1.90 bits per heavy atom. The molecule has 0 saturated carbocycles. The topological polar surface area (TPSA) is 88.6 Å². The number of aromatic nitrogens is 1. The molecular formula is C21H27N3O4S. The third-order valence-corrected chi connectivity index (χ3v) is 6.72.